The van der Waals surface area contributed by atoms with Crippen molar-refractivity contribution in [2.45, 2.75) is 6.92 Å². The highest BCUT2D eigenvalue weighted by molar-refractivity contribution is 7.80. The maximum atomic E-state index is 11.8. The Bertz CT molecular complexity index is 845. The van der Waals surface area contributed by atoms with Crippen LogP contribution in [0.4, 0.5) is 0 Å². The van der Waals surface area contributed by atoms with E-state index >= 15 is 0 Å². The Morgan fingerprint density at radius 3 is 2.89 bits per heavy atom. The molecule has 2 aromatic heterocycles. The molecule has 0 saturated heterocycles. The van der Waals surface area contributed by atoms with Crippen molar-refractivity contribution < 1.29 is 4.42 Å². The third kappa shape index (κ3) is 1.63. The highest BCUT2D eigenvalue weighted by Crippen LogP contribution is 2.31. The van der Waals surface area contributed by atoms with Crippen molar-refractivity contribution in [3.8, 4) is 0 Å². The van der Waals surface area contributed by atoms with Crippen LogP contribution >= 0.6 is 23.6 Å². The molecule has 0 atom stereocenters. The monoisotopic (exact) mass is 275 g/mol. The lowest BCUT2D eigenvalue weighted by atomic mass is 10.1. The van der Waals surface area contributed by atoms with Crippen LogP contribution in [0, 0.1) is 6.92 Å². The second-order valence-corrected chi connectivity index (χ2v) is 5.79. The molecule has 0 saturated carbocycles. The van der Waals surface area contributed by atoms with Gasteiger partial charge in [0.25, 0.3) is 0 Å². The lowest BCUT2D eigenvalue weighted by Gasteiger charge is -2.01. The van der Waals surface area contributed by atoms with Gasteiger partial charge in [0.1, 0.15) is 10.6 Å². The fourth-order valence-corrected chi connectivity index (χ4v) is 3.06. The number of aryl methyl sites for hydroxylation is 1. The summed E-state index contributed by atoms with van der Waals surface area (Å²) in [4.78, 5) is 13.0. The standard InChI is InChI=1S/C13H9NO2S2/c1-6-4-8-10(18-6)3-2-7-5-9(12(14)17)13(15)16-11(7)8/h2-5H,1H3,(H2,14,17). The second-order valence-electron chi connectivity index (χ2n) is 4.06. The molecule has 0 spiro atoms. The van der Waals surface area contributed by atoms with Crippen molar-refractivity contribution in [1.82, 2.24) is 0 Å². The molecule has 0 radical (unpaired) electrons. The number of fused-ring (bicyclic) bond motifs is 3. The molecule has 1 aromatic carbocycles. The molecule has 18 heavy (non-hydrogen) atoms. The summed E-state index contributed by atoms with van der Waals surface area (Å²) >= 11 is 6.50. The van der Waals surface area contributed by atoms with Crippen LogP contribution in [0.3, 0.4) is 0 Å². The first-order chi connectivity index (χ1) is 8.56. The molecule has 2 heterocycles. The van der Waals surface area contributed by atoms with Gasteiger partial charge in [-0.25, -0.2) is 4.79 Å². The van der Waals surface area contributed by atoms with Crippen LogP contribution in [0.2, 0.25) is 0 Å². The van der Waals surface area contributed by atoms with E-state index in [1.807, 2.05) is 25.1 Å². The molecule has 3 aromatic rings. The first-order valence-corrected chi connectivity index (χ1v) is 6.55. The predicted molar refractivity (Wildman–Crippen MR) is 78.5 cm³/mol. The highest BCUT2D eigenvalue weighted by Gasteiger charge is 2.11. The van der Waals surface area contributed by atoms with E-state index in [1.165, 1.54) is 4.88 Å². The van der Waals surface area contributed by atoms with Crippen LogP contribution in [0.5, 0.6) is 0 Å². The van der Waals surface area contributed by atoms with Gasteiger partial charge in [0.05, 0.1) is 5.56 Å². The maximum absolute atomic E-state index is 11.8. The summed E-state index contributed by atoms with van der Waals surface area (Å²) in [5.74, 6) is 0. The molecule has 2 N–H and O–H groups in total. The molecule has 0 aliphatic carbocycles. The Labute approximate surface area is 112 Å². The Hall–Kier alpha value is -1.72. The average Bonchev–Trinajstić information content (AvgIpc) is 2.69. The largest absolute Gasteiger partial charge is 0.422 e. The predicted octanol–water partition coefficient (Wildman–Crippen LogP) is 2.95. The smallest absolute Gasteiger partial charge is 0.346 e. The number of nitrogens with two attached hydrogens (primary N) is 1. The van der Waals surface area contributed by atoms with E-state index in [0.29, 0.717) is 5.58 Å². The average molecular weight is 275 g/mol. The first kappa shape index (κ1) is 11.4. The van der Waals surface area contributed by atoms with E-state index < -0.39 is 5.63 Å². The minimum Gasteiger partial charge on any atom is -0.422 e. The number of benzene rings is 1. The van der Waals surface area contributed by atoms with Crippen molar-refractivity contribution in [1.29, 1.82) is 0 Å². The third-order valence-corrected chi connectivity index (χ3v) is 4.02. The Balaban J connectivity index is 2.49. The number of rotatable bonds is 1. The zero-order valence-electron chi connectivity index (χ0n) is 9.52. The molecule has 90 valence electrons. The third-order valence-electron chi connectivity index (χ3n) is 2.79. The van der Waals surface area contributed by atoms with E-state index in [4.69, 9.17) is 22.4 Å². The van der Waals surface area contributed by atoms with Gasteiger partial charge >= 0.3 is 5.63 Å². The molecule has 0 aliphatic rings. The summed E-state index contributed by atoms with van der Waals surface area (Å²) in [5.41, 5.74) is 5.87. The minimum atomic E-state index is -0.480. The lowest BCUT2D eigenvalue weighted by molar-refractivity contribution is 0.562. The Morgan fingerprint density at radius 1 is 1.39 bits per heavy atom. The van der Waals surface area contributed by atoms with Crippen molar-refractivity contribution in [2.24, 2.45) is 5.73 Å². The van der Waals surface area contributed by atoms with Gasteiger partial charge in [-0.2, -0.15) is 0 Å². The van der Waals surface area contributed by atoms with E-state index in [9.17, 15) is 4.79 Å². The van der Waals surface area contributed by atoms with Crippen molar-refractivity contribution in [3.63, 3.8) is 0 Å². The van der Waals surface area contributed by atoms with Gasteiger partial charge in [-0.05, 0) is 31.2 Å². The summed E-state index contributed by atoms with van der Waals surface area (Å²) < 4.78 is 6.47. The van der Waals surface area contributed by atoms with Gasteiger partial charge in [-0.1, -0.05) is 12.2 Å². The Morgan fingerprint density at radius 2 is 2.17 bits per heavy atom. The summed E-state index contributed by atoms with van der Waals surface area (Å²) in [6.07, 6.45) is 0. The zero-order valence-corrected chi connectivity index (χ0v) is 11.2. The molecule has 0 fully saturated rings. The molecular formula is C13H9NO2S2. The van der Waals surface area contributed by atoms with Gasteiger partial charge in [-0.15, -0.1) is 11.3 Å². The molecule has 0 amide bonds. The summed E-state index contributed by atoms with van der Waals surface area (Å²) in [6.45, 7) is 2.03. The van der Waals surface area contributed by atoms with Crippen molar-refractivity contribution in [3.05, 3.63) is 45.1 Å². The van der Waals surface area contributed by atoms with Crippen LogP contribution in [-0.4, -0.2) is 4.99 Å². The summed E-state index contributed by atoms with van der Waals surface area (Å²) in [6, 6.07) is 7.64. The quantitative estimate of drug-likeness (QED) is 0.548. The minimum absolute atomic E-state index is 0.0623. The van der Waals surface area contributed by atoms with Crippen molar-refractivity contribution in [2.75, 3.05) is 0 Å². The molecule has 3 nitrogen and oxygen atoms in total. The summed E-state index contributed by atoms with van der Waals surface area (Å²) in [7, 11) is 0. The van der Waals surface area contributed by atoms with Crippen LogP contribution < -0.4 is 11.4 Å². The topological polar surface area (TPSA) is 56.2 Å². The van der Waals surface area contributed by atoms with Crippen molar-refractivity contribution >= 4 is 49.6 Å². The van der Waals surface area contributed by atoms with Gasteiger partial charge in [0, 0.05) is 20.3 Å². The molecule has 0 aliphatic heterocycles. The van der Waals surface area contributed by atoms with E-state index in [1.54, 1.807) is 17.4 Å². The van der Waals surface area contributed by atoms with Gasteiger partial charge < -0.3 is 10.2 Å². The summed E-state index contributed by atoms with van der Waals surface area (Å²) in [5, 5.41) is 1.80. The lowest BCUT2D eigenvalue weighted by Crippen LogP contribution is -2.19. The van der Waals surface area contributed by atoms with Crippen LogP contribution in [0.25, 0.3) is 21.1 Å². The van der Waals surface area contributed by atoms with E-state index in [2.05, 4.69) is 0 Å². The van der Waals surface area contributed by atoms with Crippen LogP contribution in [0.15, 0.2) is 33.5 Å². The molecular weight excluding hydrogens is 266 g/mol. The zero-order chi connectivity index (χ0) is 12.9. The molecule has 0 unspecified atom stereocenters. The number of hydrogen-bond donors (Lipinski definition) is 1. The molecule has 0 bridgehead atoms. The second kappa shape index (κ2) is 3.90. The highest BCUT2D eigenvalue weighted by atomic mass is 32.1. The van der Waals surface area contributed by atoms with E-state index in [0.717, 1.165) is 15.5 Å². The van der Waals surface area contributed by atoms with E-state index in [-0.39, 0.29) is 10.6 Å². The van der Waals surface area contributed by atoms with Crippen LogP contribution in [0.1, 0.15) is 10.4 Å². The normalized spacial score (nSPS) is 11.2. The number of thiocarbonyl (C=S) groups is 1. The van der Waals surface area contributed by atoms with Crippen LogP contribution in [-0.2, 0) is 0 Å². The van der Waals surface area contributed by atoms with Gasteiger partial charge in [0.2, 0.25) is 0 Å². The fraction of sp³-hybridized carbons (Fsp3) is 0.0769. The maximum Gasteiger partial charge on any atom is 0.346 e. The molecule has 5 heteroatoms. The van der Waals surface area contributed by atoms with Gasteiger partial charge in [-0.3, -0.25) is 0 Å². The van der Waals surface area contributed by atoms with Gasteiger partial charge in [0.15, 0.2) is 0 Å². The molecule has 3 rings (SSSR count). The number of thiophene rings is 1. The first-order valence-electron chi connectivity index (χ1n) is 5.33. The fourth-order valence-electron chi connectivity index (χ4n) is 1.99. The Kier molecular flexibility index (Phi) is 2.46. The SMILES string of the molecule is Cc1cc2c(ccc3cc(C(N)=S)c(=O)oc32)s1. The number of hydrogen-bond acceptors (Lipinski definition) is 4.